The van der Waals surface area contributed by atoms with Crippen molar-refractivity contribution in [2.45, 2.75) is 44.8 Å². The fourth-order valence-electron chi connectivity index (χ4n) is 2.31. The van der Waals surface area contributed by atoms with Gasteiger partial charge >= 0.3 is 0 Å². The third-order valence-corrected chi connectivity index (χ3v) is 3.28. The summed E-state index contributed by atoms with van der Waals surface area (Å²) < 4.78 is 5.53. The molecule has 0 saturated carbocycles. The normalized spacial score (nSPS) is 22.2. The number of aryl methyl sites for hydroxylation is 1. The van der Waals surface area contributed by atoms with Crippen LogP contribution in [0.2, 0.25) is 0 Å². The maximum atomic E-state index is 10.0. The van der Waals surface area contributed by atoms with Crippen molar-refractivity contribution in [1.29, 1.82) is 0 Å². The van der Waals surface area contributed by atoms with Crippen molar-refractivity contribution in [3.63, 3.8) is 0 Å². The zero-order valence-electron chi connectivity index (χ0n) is 9.86. The molecule has 0 aliphatic carbocycles. The van der Waals surface area contributed by atoms with E-state index in [-0.39, 0.29) is 12.2 Å². The molecule has 1 aliphatic rings. The molecule has 1 saturated heterocycles. The van der Waals surface area contributed by atoms with E-state index in [1.165, 1.54) is 11.1 Å². The lowest BCUT2D eigenvalue weighted by Crippen LogP contribution is -2.19. The van der Waals surface area contributed by atoms with Gasteiger partial charge in [-0.2, -0.15) is 0 Å². The van der Waals surface area contributed by atoms with Gasteiger partial charge < -0.3 is 9.84 Å². The number of rotatable bonds is 4. The van der Waals surface area contributed by atoms with Crippen LogP contribution in [0.3, 0.4) is 0 Å². The van der Waals surface area contributed by atoms with E-state index >= 15 is 0 Å². The first kappa shape index (κ1) is 11.6. The second-order valence-corrected chi connectivity index (χ2v) is 4.66. The van der Waals surface area contributed by atoms with E-state index in [4.69, 9.17) is 4.74 Å². The van der Waals surface area contributed by atoms with Crippen molar-refractivity contribution >= 4 is 0 Å². The van der Waals surface area contributed by atoms with Crippen LogP contribution in [0, 0.1) is 6.92 Å². The molecule has 1 aromatic rings. The summed E-state index contributed by atoms with van der Waals surface area (Å²) in [6, 6.07) is 8.24. The van der Waals surface area contributed by atoms with Crippen LogP contribution < -0.4 is 0 Å². The highest BCUT2D eigenvalue weighted by molar-refractivity contribution is 5.26. The molecule has 0 spiro atoms. The molecule has 0 radical (unpaired) electrons. The highest BCUT2D eigenvalue weighted by Gasteiger charge is 2.19. The van der Waals surface area contributed by atoms with Crippen LogP contribution in [0.5, 0.6) is 0 Å². The first-order valence-electron chi connectivity index (χ1n) is 6.10. The number of aliphatic hydroxyl groups excluding tert-OH is 1. The summed E-state index contributed by atoms with van der Waals surface area (Å²) >= 11 is 0. The molecular weight excluding hydrogens is 200 g/mol. The van der Waals surface area contributed by atoms with Gasteiger partial charge in [0.15, 0.2) is 0 Å². The first-order valence-corrected chi connectivity index (χ1v) is 6.10. The molecule has 1 N–H and O–H groups in total. The van der Waals surface area contributed by atoms with Crippen molar-refractivity contribution < 1.29 is 9.84 Å². The van der Waals surface area contributed by atoms with Crippen molar-refractivity contribution in [3.8, 4) is 0 Å². The van der Waals surface area contributed by atoms with Gasteiger partial charge in [-0.1, -0.05) is 24.3 Å². The molecule has 2 rings (SSSR count). The molecule has 2 nitrogen and oxygen atoms in total. The van der Waals surface area contributed by atoms with E-state index in [2.05, 4.69) is 19.1 Å². The minimum atomic E-state index is -0.274. The lowest BCUT2D eigenvalue weighted by Gasteiger charge is -2.16. The zero-order chi connectivity index (χ0) is 11.4. The molecule has 0 aromatic heterocycles. The smallest absolute Gasteiger partial charge is 0.0605 e. The van der Waals surface area contributed by atoms with Crippen LogP contribution in [0.4, 0.5) is 0 Å². The summed E-state index contributed by atoms with van der Waals surface area (Å²) in [7, 11) is 0. The second-order valence-electron chi connectivity index (χ2n) is 4.66. The van der Waals surface area contributed by atoms with E-state index in [0.717, 1.165) is 32.3 Å². The van der Waals surface area contributed by atoms with Gasteiger partial charge in [-0.15, -0.1) is 0 Å². The molecule has 1 aliphatic heterocycles. The third kappa shape index (κ3) is 3.06. The van der Waals surface area contributed by atoms with Gasteiger partial charge in [-0.3, -0.25) is 0 Å². The summed E-state index contributed by atoms with van der Waals surface area (Å²) in [5, 5.41) is 10.0. The van der Waals surface area contributed by atoms with Crippen LogP contribution in [0.1, 0.15) is 30.4 Å². The molecule has 1 fully saturated rings. The van der Waals surface area contributed by atoms with Crippen molar-refractivity contribution in [3.05, 3.63) is 35.4 Å². The molecule has 2 atom stereocenters. The Labute approximate surface area is 97.3 Å². The fraction of sp³-hybridized carbons (Fsp3) is 0.571. The Kier molecular flexibility index (Phi) is 3.97. The average Bonchev–Trinajstić information content (AvgIpc) is 2.74. The van der Waals surface area contributed by atoms with E-state index in [0.29, 0.717) is 0 Å². The van der Waals surface area contributed by atoms with Gasteiger partial charge in [0.1, 0.15) is 0 Å². The molecule has 2 unspecified atom stereocenters. The van der Waals surface area contributed by atoms with Crippen LogP contribution >= 0.6 is 0 Å². The Balaban J connectivity index is 1.86. The molecule has 2 heteroatoms. The Morgan fingerprint density at radius 1 is 1.44 bits per heavy atom. The molecule has 1 aromatic carbocycles. The SMILES string of the molecule is Cc1ccccc1CC(O)CC1CCCO1. The van der Waals surface area contributed by atoms with E-state index < -0.39 is 0 Å². The van der Waals surface area contributed by atoms with Crippen molar-refractivity contribution in [2.24, 2.45) is 0 Å². The quantitative estimate of drug-likeness (QED) is 0.844. The van der Waals surface area contributed by atoms with Gasteiger partial charge in [-0.25, -0.2) is 0 Å². The monoisotopic (exact) mass is 220 g/mol. The standard InChI is InChI=1S/C14H20O2/c1-11-5-2-3-6-12(11)9-13(15)10-14-7-4-8-16-14/h2-3,5-6,13-15H,4,7-10H2,1H3. The van der Waals surface area contributed by atoms with E-state index in [1.807, 2.05) is 12.1 Å². The van der Waals surface area contributed by atoms with Crippen LogP contribution in [0.15, 0.2) is 24.3 Å². The number of benzene rings is 1. The molecule has 0 amide bonds. The van der Waals surface area contributed by atoms with Gasteiger partial charge in [-0.05, 0) is 43.7 Å². The Bertz CT molecular complexity index is 329. The number of hydrogen-bond acceptors (Lipinski definition) is 2. The lowest BCUT2D eigenvalue weighted by atomic mass is 9.99. The summed E-state index contributed by atoms with van der Waals surface area (Å²) in [5.41, 5.74) is 2.50. The highest BCUT2D eigenvalue weighted by atomic mass is 16.5. The minimum absolute atomic E-state index is 0.274. The molecular formula is C14H20O2. The predicted octanol–water partition coefficient (Wildman–Crippen LogP) is 2.47. The van der Waals surface area contributed by atoms with Crippen LogP contribution in [-0.2, 0) is 11.2 Å². The largest absolute Gasteiger partial charge is 0.393 e. The maximum absolute atomic E-state index is 10.0. The second kappa shape index (κ2) is 5.46. The van der Waals surface area contributed by atoms with Crippen LogP contribution in [-0.4, -0.2) is 23.9 Å². The molecule has 0 bridgehead atoms. The molecule has 88 valence electrons. The highest BCUT2D eigenvalue weighted by Crippen LogP contribution is 2.19. The van der Waals surface area contributed by atoms with Gasteiger partial charge in [0.05, 0.1) is 12.2 Å². The summed E-state index contributed by atoms with van der Waals surface area (Å²) in [4.78, 5) is 0. The van der Waals surface area contributed by atoms with E-state index in [9.17, 15) is 5.11 Å². The summed E-state index contributed by atoms with van der Waals surface area (Å²) in [6.07, 6.45) is 3.76. The van der Waals surface area contributed by atoms with E-state index in [1.54, 1.807) is 0 Å². The number of aliphatic hydroxyl groups is 1. The van der Waals surface area contributed by atoms with Gasteiger partial charge in [0.2, 0.25) is 0 Å². The Hall–Kier alpha value is -0.860. The predicted molar refractivity (Wildman–Crippen MR) is 64.5 cm³/mol. The maximum Gasteiger partial charge on any atom is 0.0605 e. The molecule has 1 heterocycles. The summed E-state index contributed by atoms with van der Waals surface area (Å²) in [5.74, 6) is 0. The summed E-state index contributed by atoms with van der Waals surface area (Å²) in [6.45, 7) is 2.95. The average molecular weight is 220 g/mol. The topological polar surface area (TPSA) is 29.5 Å². The first-order chi connectivity index (χ1) is 7.75. The van der Waals surface area contributed by atoms with Gasteiger partial charge in [0.25, 0.3) is 0 Å². The number of ether oxygens (including phenoxy) is 1. The Morgan fingerprint density at radius 3 is 2.94 bits per heavy atom. The fourth-order valence-corrected chi connectivity index (χ4v) is 2.31. The zero-order valence-corrected chi connectivity index (χ0v) is 9.86. The van der Waals surface area contributed by atoms with Gasteiger partial charge in [0, 0.05) is 6.61 Å². The Morgan fingerprint density at radius 2 is 2.25 bits per heavy atom. The minimum Gasteiger partial charge on any atom is -0.393 e. The number of hydrogen-bond donors (Lipinski definition) is 1. The van der Waals surface area contributed by atoms with Crippen molar-refractivity contribution in [2.75, 3.05) is 6.61 Å². The van der Waals surface area contributed by atoms with Crippen LogP contribution in [0.25, 0.3) is 0 Å². The lowest BCUT2D eigenvalue weighted by molar-refractivity contribution is 0.0540. The molecule has 16 heavy (non-hydrogen) atoms. The third-order valence-electron chi connectivity index (χ3n) is 3.28. The van der Waals surface area contributed by atoms with Crippen molar-refractivity contribution in [1.82, 2.24) is 0 Å².